The van der Waals surface area contributed by atoms with E-state index in [1.165, 1.54) is 6.92 Å². The minimum atomic E-state index is -3.63. The molecule has 0 aliphatic heterocycles. The zero-order chi connectivity index (χ0) is 5.21. The molecule has 0 heterocycles. The predicted octanol–water partition coefficient (Wildman–Crippen LogP) is -1.71. The van der Waals surface area contributed by atoms with Crippen LogP contribution in [0.15, 0.2) is 0 Å². The fourth-order valence-corrected chi connectivity index (χ4v) is 0. The van der Waals surface area contributed by atoms with Gasteiger partial charge in [-0.2, -0.15) is 0 Å². The van der Waals surface area contributed by atoms with Crippen molar-refractivity contribution in [2.24, 2.45) is 0 Å². The third-order valence-electron chi connectivity index (χ3n) is 0.474. The van der Waals surface area contributed by atoms with Crippen LogP contribution in [0.25, 0.3) is 0 Å². The van der Waals surface area contributed by atoms with Gasteiger partial charge < -0.3 is 0 Å². The number of hydrogen-bond donors (Lipinski definition) is 3. The molecule has 0 aliphatic rings. The summed E-state index contributed by atoms with van der Waals surface area (Å²) in [7, 11) is -3.63. The quantitative estimate of drug-likeness (QED) is 0.302. The van der Waals surface area contributed by atoms with Gasteiger partial charge in [0.1, 0.15) is 0 Å². The third-order valence-corrected chi connectivity index (χ3v) is 1.42. The molecule has 0 unspecified atom stereocenters. The first-order valence-corrected chi connectivity index (χ1v) is 3.78. The van der Waals surface area contributed by atoms with Crippen LogP contribution in [0, 0.1) is 0 Å². The van der Waals surface area contributed by atoms with E-state index < -0.39 is 7.94 Å². The van der Waals surface area contributed by atoms with Crippen LogP contribution in [-0.2, 0) is 0 Å². The zero-order valence-electron chi connectivity index (χ0n) is 3.55. The smallest absolute Gasteiger partial charge is 0.187 e. The van der Waals surface area contributed by atoms with Gasteiger partial charge in [0.25, 0.3) is 0 Å². The molecule has 5 heteroatoms. The molecular formula is C2H12AlO3P. The van der Waals surface area contributed by atoms with E-state index >= 15 is 0 Å². The maximum atomic E-state index is 8.08. The standard InChI is InChI=1S/C2H9O3P.Al.3H/c1-2-6(3,4)5;;;;/h3-6H,2H2,1H3;;;;. The summed E-state index contributed by atoms with van der Waals surface area (Å²) in [6.07, 6.45) is 0.0764. The maximum Gasteiger partial charge on any atom is 0.187 e. The normalized spacial score (nSPS) is 12.6. The van der Waals surface area contributed by atoms with Gasteiger partial charge in [-0.3, -0.25) is 0 Å². The Balaban J connectivity index is 0. The van der Waals surface area contributed by atoms with E-state index in [1.807, 2.05) is 0 Å². The van der Waals surface area contributed by atoms with Crippen LogP contribution in [0.5, 0.6) is 0 Å². The van der Waals surface area contributed by atoms with Crippen LogP contribution in [0.3, 0.4) is 0 Å². The summed E-state index contributed by atoms with van der Waals surface area (Å²) in [4.78, 5) is 24.2. The number of rotatable bonds is 1. The minimum absolute atomic E-state index is 0. The molecule has 0 amide bonds. The summed E-state index contributed by atoms with van der Waals surface area (Å²) >= 11 is 0. The van der Waals surface area contributed by atoms with Crippen LogP contribution in [-0.4, -0.2) is 38.2 Å². The van der Waals surface area contributed by atoms with Gasteiger partial charge in [-0.1, -0.05) is 0 Å². The number of hydrogen-bond acceptors (Lipinski definition) is 3. The first-order valence-electron chi connectivity index (χ1n) is 1.73. The SMILES string of the molecule is CC[PH](O)(O)O.[AlH3]. The second-order valence-electron chi connectivity index (χ2n) is 1.13. The van der Waals surface area contributed by atoms with Crippen molar-refractivity contribution >= 4 is 25.3 Å². The largest absolute Gasteiger partial charge is 0.187 e. The van der Waals surface area contributed by atoms with Crippen molar-refractivity contribution in [1.29, 1.82) is 0 Å². The molecular weight excluding hydrogens is 130 g/mol. The van der Waals surface area contributed by atoms with Crippen LogP contribution < -0.4 is 0 Å². The van der Waals surface area contributed by atoms with E-state index in [0.29, 0.717) is 0 Å². The van der Waals surface area contributed by atoms with Gasteiger partial charge in [0, 0.05) is 0 Å². The van der Waals surface area contributed by atoms with Crippen LogP contribution >= 0.6 is 7.94 Å². The summed E-state index contributed by atoms with van der Waals surface area (Å²) < 4.78 is 0. The van der Waals surface area contributed by atoms with E-state index in [9.17, 15) is 0 Å². The van der Waals surface area contributed by atoms with E-state index in [0.717, 1.165) is 0 Å². The molecule has 0 aliphatic carbocycles. The van der Waals surface area contributed by atoms with Crippen molar-refractivity contribution in [3.8, 4) is 0 Å². The van der Waals surface area contributed by atoms with Crippen molar-refractivity contribution in [2.75, 3.05) is 6.16 Å². The Bertz CT molecular complexity index is 42.7. The van der Waals surface area contributed by atoms with Gasteiger partial charge in [-0.05, 0) is 0 Å². The van der Waals surface area contributed by atoms with Crippen LogP contribution in [0.2, 0.25) is 0 Å². The topological polar surface area (TPSA) is 60.7 Å². The molecule has 0 saturated carbocycles. The predicted molar refractivity (Wildman–Crippen MR) is 35.5 cm³/mol. The summed E-state index contributed by atoms with van der Waals surface area (Å²) in [6.45, 7) is 1.52. The molecule has 3 nitrogen and oxygen atoms in total. The van der Waals surface area contributed by atoms with E-state index in [-0.39, 0.29) is 23.5 Å². The average molecular weight is 142 g/mol. The van der Waals surface area contributed by atoms with Crippen molar-refractivity contribution in [3.05, 3.63) is 0 Å². The van der Waals surface area contributed by atoms with Crippen LogP contribution in [0.4, 0.5) is 0 Å². The molecule has 3 N–H and O–H groups in total. The second-order valence-corrected chi connectivity index (χ2v) is 3.38. The van der Waals surface area contributed by atoms with E-state index in [4.69, 9.17) is 14.7 Å². The van der Waals surface area contributed by atoms with Gasteiger partial charge in [0.15, 0.2) is 17.4 Å². The molecule has 0 bridgehead atoms. The molecule has 0 rings (SSSR count). The van der Waals surface area contributed by atoms with Crippen molar-refractivity contribution in [2.45, 2.75) is 6.92 Å². The fourth-order valence-electron chi connectivity index (χ4n) is 0. The monoisotopic (exact) mass is 142 g/mol. The molecule has 0 aromatic carbocycles. The Kier molecular flexibility index (Phi) is 5.84. The summed E-state index contributed by atoms with van der Waals surface area (Å²) in [5.41, 5.74) is 0. The van der Waals surface area contributed by atoms with Crippen molar-refractivity contribution < 1.29 is 14.7 Å². The van der Waals surface area contributed by atoms with Gasteiger partial charge in [-0.15, -0.1) is 0 Å². The van der Waals surface area contributed by atoms with Crippen LogP contribution in [0.1, 0.15) is 6.92 Å². The van der Waals surface area contributed by atoms with E-state index in [2.05, 4.69) is 0 Å². The molecule has 0 aromatic rings. The summed E-state index contributed by atoms with van der Waals surface area (Å²) in [6, 6.07) is 0. The minimum Gasteiger partial charge on any atom is 0.187 e. The molecule has 46 valence electrons. The fraction of sp³-hybridized carbons (Fsp3) is 1.00. The Morgan fingerprint density at radius 1 is 1.29 bits per heavy atom. The molecule has 0 saturated heterocycles. The second kappa shape index (κ2) is 3.80. The average Bonchev–Trinajstić information content (AvgIpc) is 1.35. The molecule has 0 atom stereocenters. The Hall–Kier alpha value is 0.842. The Morgan fingerprint density at radius 2 is 1.43 bits per heavy atom. The van der Waals surface area contributed by atoms with Gasteiger partial charge in [0.2, 0.25) is 0 Å². The van der Waals surface area contributed by atoms with Gasteiger partial charge in [0.05, 0.1) is 0 Å². The van der Waals surface area contributed by atoms with Gasteiger partial charge in [-0.25, -0.2) is 0 Å². The molecule has 0 spiro atoms. The molecule has 7 heavy (non-hydrogen) atoms. The van der Waals surface area contributed by atoms with E-state index in [1.54, 1.807) is 0 Å². The summed E-state index contributed by atoms with van der Waals surface area (Å²) in [5, 5.41) is 0. The zero-order valence-corrected chi connectivity index (χ0v) is 4.55. The van der Waals surface area contributed by atoms with Crippen molar-refractivity contribution in [1.82, 2.24) is 0 Å². The Morgan fingerprint density at radius 3 is 1.43 bits per heavy atom. The van der Waals surface area contributed by atoms with Crippen molar-refractivity contribution in [3.63, 3.8) is 0 Å². The third kappa shape index (κ3) is 10.9. The van der Waals surface area contributed by atoms with Gasteiger partial charge >= 0.3 is 35.7 Å². The first-order chi connectivity index (χ1) is 2.56. The summed E-state index contributed by atoms with van der Waals surface area (Å²) in [5.74, 6) is 0. The maximum absolute atomic E-state index is 8.08. The first kappa shape index (κ1) is 10.8. The Labute approximate surface area is 53.7 Å². The molecule has 0 radical (unpaired) electrons. The molecule has 0 fully saturated rings. The molecule has 0 aromatic heterocycles.